The maximum absolute atomic E-state index is 12.6. The van der Waals surface area contributed by atoms with E-state index in [0.29, 0.717) is 0 Å². The molecule has 0 aromatic rings. The normalized spacial score (nSPS) is 18.0. The van der Waals surface area contributed by atoms with Crippen LogP contribution in [-0.4, -0.2) is 30.0 Å². The minimum Gasteiger partial charge on any atom is -0.450 e. The van der Waals surface area contributed by atoms with E-state index < -0.39 is 30.8 Å². The lowest BCUT2D eigenvalue weighted by molar-refractivity contribution is -0.0332. The van der Waals surface area contributed by atoms with Crippen LogP contribution < -0.4 is 0 Å². The van der Waals surface area contributed by atoms with Gasteiger partial charge in [0.05, 0.1) is 0 Å². The van der Waals surface area contributed by atoms with Crippen LogP contribution in [0.2, 0.25) is 0 Å². The fraction of sp³-hybridized carbons (Fsp3) is 0.857. The highest BCUT2D eigenvalue weighted by Crippen LogP contribution is 2.20. The molecule has 78 valence electrons. The second-order valence-corrected chi connectivity index (χ2v) is 2.73. The Bertz CT molecular complexity index is 174. The Kier molecular flexibility index (Phi) is 4.58. The van der Waals surface area contributed by atoms with Crippen molar-refractivity contribution < 1.29 is 27.8 Å². The molecule has 0 aliphatic rings. The SMILES string of the molecule is CC(OC(=O)O)C(C)C(F)C(F)F. The van der Waals surface area contributed by atoms with E-state index in [0.717, 1.165) is 0 Å². The monoisotopic (exact) mass is 200 g/mol. The van der Waals surface area contributed by atoms with Gasteiger partial charge in [0.1, 0.15) is 6.10 Å². The highest BCUT2D eigenvalue weighted by atomic mass is 19.3. The van der Waals surface area contributed by atoms with Crippen molar-refractivity contribution >= 4 is 6.16 Å². The summed E-state index contributed by atoms with van der Waals surface area (Å²) in [6.07, 6.45) is -8.16. The molecule has 6 heteroatoms. The Morgan fingerprint density at radius 1 is 1.31 bits per heavy atom. The molecular weight excluding hydrogens is 189 g/mol. The number of halogens is 3. The lowest BCUT2D eigenvalue weighted by atomic mass is 10.0. The van der Waals surface area contributed by atoms with Gasteiger partial charge in [-0.05, 0) is 6.92 Å². The zero-order chi connectivity index (χ0) is 10.6. The van der Waals surface area contributed by atoms with Crippen molar-refractivity contribution in [3.05, 3.63) is 0 Å². The molecule has 0 radical (unpaired) electrons. The number of alkyl halides is 3. The van der Waals surface area contributed by atoms with Gasteiger partial charge in [-0.1, -0.05) is 6.92 Å². The predicted octanol–water partition coefficient (Wildman–Crippen LogP) is 2.31. The Labute approximate surface area is 73.5 Å². The van der Waals surface area contributed by atoms with Gasteiger partial charge < -0.3 is 9.84 Å². The molecule has 0 saturated carbocycles. The van der Waals surface area contributed by atoms with Gasteiger partial charge in [-0.25, -0.2) is 18.0 Å². The highest BCUT2D eigenvalue weighted by molar-refractivity contribution is 5.57. The van der Waals surface area contributed by atoms with E-state index >= 15 is 0 Å². The molecule has 1 N–H and O–H groups in total. The molecule has 0 heterocycles. The van der Waals surface area contributed by atoms with Gasteiger partial charge in [-0.3, -0.25) is 0 Å². The average molecular weight is 200 g/mol. The van der Waals surface area contributed by atoms with Crippen molar-refractivity contribution in [2.75, 3.05) is 0 Å². The van der Waals surface area contributed by atoms with Crippen LogP contribution in [-0.2, 0) is 4.74 Å². The zero-order valence-electron chi connectivity index (χ0n) is 7.21. The van der Waals surface area contributed by atoms with Gasteiger partial charge in [0.15, 0.2) is 6.17 Å². The number of hydrogen-bond acceptors (Lipinski definition) is 2. The third-order valence-electron chi connectivity index (χ3n) is 1.77. The van der Waals surface area contributed by atoms with Crippen molar-refractivity contribution in [3.8, 4) is 0 Å². The molecule has 0 rings (SSSR count). The summed E-state index contributed by atoms with van der Waals surface area (Å²) in [5.41, 5.74) is 0. The van der Waals surface area contributed by atoms with Crippen LogP contribution in [0.4, 0.5) is 18.0 Å². The number of carbonyl (C=O) groups is 1. The molecule has 0 amide bonds. The second kappa shape index (κ2) is 4.94. The van der Waals surface area contributed by atoms with E-state index in [2.05, 4.69) is 4.74 Å². The molecule has 0 bridgehead atoms. The molecule has 0 aromatic carbocycles. The molecule has 0 spiro atoms. The molecule has 3 unspecified atom stereocenters. The molecule has 0 fully saturated rings. The topological polar surface area (TPSA) is 46.5 Å². The van der Waals surface area contributed by atoms with E-state index in [1.54, 1.807) is 0 Å². The Morgan fingerprint density at radius 3 is 2.08 bits per heavy atom. The van der Waals surface area contributed by atoms with Crippen LogP contribution in [0, 0.1) is 5.92 Å². The zero-order valence-corrected chi connectivity index (χ0v) is 7.21. The first-order valence-corrected chi connectivity index (χ1v) is 3.68. The van der Waals surface area contributed by atoms with E-state index in [-0.39, 0.29) is 0 Å². The van der Waals surface area contributed by atoms with Crippen LogP contribution in [0.1, 0.15) is 13.8 Å². The molecule has 0 aliphatic heterocycles. The minimum atomic E-state index is -3.12. The molecule has 0 aromatic heterocycles. The fourth-order valence-corrected chi connectivity index (χ4v) is 0.755. The number of ether oxygens (including phenoxy) is 1. The minimum absolute atomic E-state index is 1.08. The Balaban J connectivity index is 4.08. The van der Waals surface area contributed by atoms with Gasteiger partial charge in [0.25, 0.3) is 6.43 Å². The van der Waals surface area contributed by atoms with Gasteiger partial charge in [-0.2, -0.15) is 0 Å². The van der Waals surface area contributed by atoms with Gasteiger partial charge in [0, 0.05) is 5.92 Å². The van der Waals surface area contributed by atoms with E-state index in [9.17, 15) is 18.0 Å². The number of rotatable bonds is 4. The maximum Gasteiger partial charge on any atom is 0.506 e. The molecular formula is C7H11F3O3. The lowest BCUT2D eigenvalue weighted by Gasteiger charge is -2.21. The van der Waals surface area contributed by atoms with Crippen LogP contribution in [0.5, 0.6) is 0 Å². The molecule has 3 nitrogen and oxygen atoms in total. The smallest absolute Gasteiger partial charge is 0.450 e. The standard InChI is InChI=1S/C7H11F3O3/c1-3(5(8)6(9)10)4(2)13-7(11)12/h3-6H,1-2H3,(H,11,12). The lowest BCUT2D eigenvalue weighted by Crippen LogP contribution is -2.32. The van der Waals surface area contributed by atoms with E-state index in [1.807, 2.05) is 0 Å². The third-order valence-corrected chi connectivity index (χ3v) is 1.77. The first kappa shape index (κ1) is 12.1. The first-order valence-electron chi connectivity index (χ1n) is 3.68. The summed E-state index contributed by atoms with van der Waals surface area (Å²) in [6, 6.07) is 0. The molecule has 13 heavy (non-hydrogen) atoms. The summed E-state index contributed by atoms with van der Waals surface area (Å²) in [5.74, 6) is -1.16. The highest BCUT2D eigenvalue weighted by Gasteiger charge is 2.31. The van der Waals surface area contributed by atoms with Gasteiger partial charge in [-0.15, -0.1) is 0 Å². The average Bonchev–Trinajstić information content (AvgIpc) is 2.00. The Morgan fingerprint density at radius 2 is 1.77 bits per heavy atom. The largest absolute Gasteiger partial charge is 0.506 e. The Hall–Kier alpha value is -0.940. The summed E-state index contributed by atoms with van der Waals surface area (Å²) in [4.78, 5) is 9.97. The van der Waals surface area contributed by atoms with E-state index in [1.165, 1.54) is 13.8 Å². The van der Waals surface area contributed by atoms with Crippen LogP contribution in [0.3, 0.4) is 0 Å². The summed E-state index contributed by atoms with van der Waals surface area (Å²) in [5, 5.41) is 8.12. The van der Waals surface area contributed by atoms with Crippen LogP contribution in [0.15, 0.2) is 0 Å². The predicted molar refractivity (Wildman–Crippen MR) is 38.6 cm³/mol. The van der Waals surface area contributed by atoms with Crippen molar-refractivity contribution in [1.82, 2.24) is 0 Å². The third kappa shape index (κ3) is 4.00. The van der Waals surface area contributed by atoms with Crippen molar-refractivity contribution in [2.45, 2.75) is 32.5 Å². The molecule has 0 aliphatic carbocycles. The molecule has 3 atom stereocenters. The van der Waals surface area contributed by atoms with Crippen molar-refractivity contribution in [3.63, 3.8) is 0 Å². The summed E-state index contributed by atoms with van der Waals surface area (Å²) >= 11 is 0. The molecule has 0 saturated heterocycles. The number of carboxylic acid groups (broad SMARTS) is 1. The van der Waals surface area contributed by atoms with Crippen LogP contribution in [0.25, 0.3) is 0 Å². The first-order chi connectivity index (χ1) is 5.86. The van der Waals surface area contributed by atoms with Gasteiger partial charge in [0.2, 0.25) is 0 Å². The van der Waals surface area contributed by atoms with Gasteiger partial charge >= 0.3 is 6.16 Å². The quantitative estimate of drug-likeness (QED) is 0.708. The van der Waals surface area contributed by atoms with Crippen molar-refractivity contribution in [1.29, 1.82) is 0 Å². The second-order valence-electron chi connectivity index (χ2n) is 2.73. The summed E-state index contributed by atoms with van der Waals surface area (Å²) < 4.78 is 40.3. The number of hydrogen-bond donors (Lipinski definition) is 1. The van der Waals surface area contributed by atoms with E-state index in [4.69, 9.17) is 5.11 Å². The van der Waals surface area contributed by atoms with Crippen molar-refractivity contribution in [2.24, 2.45) is 5.92 Å². The maximum atomic E-state index is 12.6. The summed E-state index contributed by atoms with van der Waals surface area (Å²) in [6.45, 7) is 2.40. The van der Waals surface area contributed by atoms with Crippen LogP contribution >= 0.6 is 0 Å². The fourth-order valence-electron chi connectivity index (χ4n) is 0.755. The summed E-state index contributed by atoms with van der Waals surface area (Å²) in [7, 11) is 0.